The van der Waals surface area contributed by atoms with E-state index in [4.69, 9.17) is 9.47 Å². The van der Waals surface area contributed by atoms with E-state index in [0.717, 1.165) is 49.6 Å². The van der Waals surface area contributed by atoms with Gasteiger partial charge in [-0.1, -0.05) is 6.07 Å². The molecule has 1 aliphatic heterocycles. The van der Waals surface area contributed by atoms with Crippen molar-refractivity contribution in [3.8, 4) is 11.5 Å². The zero-order valence-corrected chi connectivity index (χ0v) is 15.9. The number of methoxy groups -OCH3 is 2. The molecule has 3 fully saturated rings. The van der Waals surface area contributed by atoms with Gasteiger partial charge < -0.3 is 9.47 Å². The Morgan fingerprint density at radius 2 is 2.04 bits per heavy atom. The third-order valence-electron chi connectivity index (χ3n) is 7.48. The molecule has 2 saturated carbocycles. The van der Waals surface area contributed by atoms with Gasteiger partial charge in [0.2, 0.25) is 0 Å². The van der Waals surface area contributed by atoms with Gasteiger partial charge >= 0.3 is 0 Å². The van der Waals surface area contributed by atoms with Crippen molar-refractivity contribution in [1.82, 2.24) is 4.90 Å². The maximum absolute atomic E-state index is 12.6. The van der Waals surface area contributed by atoms with Crippen LogP contribution in [0.3, 0.4) is 0 Å². The van der Waals surface area contributed by atoms with Crippen LogP contribution in [-0.4, -0.2) is 44.0 Å². The molecule has 4 nitrogen and oxygen atoms in total. The minimum Gasteiger partial charge on any atom is -0.493 e. The van der Waals surface area contributed by atoms with Crippen LogP contribution in [0.4, 0.5) is 0 Å². The van der Waals surface area contributed by atoms with E-state index >= 15 is 0 Å². The molecule has 1 saturated heterocycles. The molecule has 0 unspecified atom stereocenters. The maximum Gasteiger partial charge on any atom is 0.164 e. The summed E-state index contributed by atoms with van der Waals surface area (Å²) in [6.07, 6.45) is 7.43. The van der Waals surface area contributed by atoms with Crippen LogP contribution in [0.2, 0.25) is 0 Å². The monoisotopic (exact) mass is 355 g/mol. The summed E-state index contributed by atoms with van der Waals surface area (Å²) in [5.41, 5.74) is 2.62. The molecule has 1 heterocycles. The Hall–Kier alpha value is -1.55. The fourth-order valence-corrected chi connectivity index (χ4v) is 6.20. The number of ether oxygens (including phenoxy) is 2. The molecule has 5 rings (SSSR count). The summed E-state index contributed by atoms with van der Waals surface area (Å²) in [6, 6.07) is 4.85. The summed E-state index contributed by atoms with van der Waals surface area (Å²) in [4.78, 5) is 15.3. The molecule has 1 aromatic rings. The van der Waals surface area contributed by atoms with Crippen LogP contribution in [0, 0.1) is 11.8 Å². The lowest BCUT2D eigenvalue weighted by Crippen LogP contribution is -2.62. The Kier molecular flexibility index (Phi) is 3.82. The van der Waals surface area contributed by atoms with Crippen molar-refractivity contribution in [1.29, 1.82) is 0 Å². The maximum atomic E-state index is 12.6. The van der Waals surface area contributed by atoms with Crippen molar-refractivity contribution >= 4 is 5.78 Å². The van der Waals surface area contributed by atoms with Crippen LogP contribution in [0.15, 0.2) is 12.1 Å². The smallest absolute Gasteiger partial charge is 0.164 e. The van der Waals surface area contributed by atoms with Crippen LogP contribution in [0.1, 0.15) is 49.7 Å². The van der Waals surface area contributed by atoms with Gasteiger partial charge in [0.05, 0.1) is 14.2 Å². The number of fused-ring (bicyclic) bond motifs is 1. The second-order valence-electron chi connectivity index (χ2n) is 8.81. The van der Waals surface area contributed by atoms with Crippen molar-refractivity contribution in [3.05, 3.63) is 23.3 Å². The summed E-state index contributed by atoms with van der Waals surface area (Å²) in [7, 11) is 3.44. The number of carbonyl (C=O) groups excluding carboxylic acids is 1. The number of hydrogen-bond donors (Lipinski definition) is 0. The van der Waals surface area contributed by atoms with Crippen LogP contribution in [0.25, 0.3) is 0 Å². The molecule has 0 N–H and O–H groups in total. The molecule has 0 amide bonds. The van der Waals surface area contributed by atoms with Crippen molar-refractivity contribution in [2.75, 3.05) is 27.3 Å². The Morgan fingerprint density at radius 1 is 1.19 bits per heavy atom. The molecule has 4 aliphatic rings. The summed E-state index contributed by atoms with van der Waals surface area (Å²) >= 11 is 0. The number of benzene rings is 1. The zero-order valence-electron chi connectivity index (χ0n) is 15.9. The third kappa shape index (κ3) is 2.34. The van der Waals surface area contributed by atoms with Crippen molar-refractivity contribution in [2.24, 2.45) is 11.8 Å². The van der Waals surface area contributed by atoms with Gasteiger partial charge in [-0.15, -0.1) is 0 Å². The van der Waals surface area contributed by atoms with Gasteiger partial charge in [-0.3, -0.25) is 9.69 Å². The van der Waals surface area contributed by atoms with Crippen LogP contribution in [-0.2, 0) is 16.6 Å². The fourth-order valence-electron chi connectivity index (χ4n) is 6.20. The Labute approximate surface area is 155 Å². The van der Waals surface area contributed by atoms with E-state index < -0.39 is 0 Å². The first kappa shape index (κ1) is 16.6. The summed E-state index contributed by atoms with van der Waals surface area (Å²) in [5, 5.41) is 0. The molecular weight excluding hydrogens is 326 g/mol. The van der Waals surface area contributed by atoms with Gasteiger partial charge in [0.25, 0.3) is 0 Å². The Bertz CT molecular complexity index is 741. The zero-order chi connectivity index (χ0) is 17.9. The summed E-state index contributed by atoms with van der Waals surface area (Å²) in [5.74, 6) is 3.59. The van der Waals surface area contributed by atoms with Crippen LogP contribution in [0.5, 0.6) is 11.5 Å². The molecule has 3 atom stereocenters. The minimum atomic E-state index is -0.0481. The molecule has 140 valence electrons. The van der Waals surface area contributed by atoms with E-state index in [1.54, 1.807) is 14.2 Å². The number of hydrogen-bond acceptors (Lipinski definition) is 4. The first-order valence-electron chi connectivity index (χ1n) is 10.2. The number of nitrogens with zero attached hydrogens (tertiary/aromatic N) is 1. The minimum absolute atomic E-state index is 0.0481. The number of piperidine rings is 1. The topological polar surface area (TPSA) is 38.8 Å². The molecule has 3 aliphatic carbocycles. The molecule has 2 bridgehead atoms. The van der Waals surface area contributed by atoms with E-state index in [1.165, 1.54) is 30.5 Å². The van der Waals surface area contributed by atoms with Gasteiger partial charge in [-0.05, 0) is 62.1 Å². The van der Waals surface area contributed by atoms with Crippen molar-refractivity contribution < 1.29 is 14.3 Å². The van der Waals surface area contributed by atoms with Crippen LogP contribution < -0.4 is 9.47 Å². The molecular formula is C22H29NO3. The highest BCUT2D eigenvalue weighted by atomic mass is 16.5. The lowest BCUT2D eigenvalue weighted by atomic mass is 9.52. The summed E-state index contributed by atoms with van der Waals surface area (Å²) < 4.78 is 11.5. The average Bonchev–Trinajstić information content (AvgIpc) is 3.46. The first-order valence-corrected chi connectivity index (χ1v) is 10.2. The highest BCUT2D eigenvalue weighted by Gasteiger charge is 2.57. The van der Waals surface area contributed by atoms with Gasteiger partial charge in [0.1, 0.15) is 5.78 Å². The number of likely N-dealkylation sites (tertiary alicyclic amines) is 1. The van der Waals surface area contributed by atoms with Gasteiger partial charge in [0, 0.05) is 36.4 Å². The number of ketones is 1. The SMILES string of the molecule is COc1ccc2c(c1OC)[C@]13CCN(CC4CC4)[C@H](C2)[C@@H]1CCC(=O)C3. The molecule has 4 heteroatoms. The fraction of sp³-hybridized carbons (Fsp3) is 0.682. The average molecular weight is 355 g/mol. The quantitative estimate of drug-likeness (QED) is 0.830. The predicted molar refractivity (Wildman–Crippen MR) is 100.0 cm³/mol. The number of carbonyl (C=O) groups is 1. The van der Waals surface area contributed by atoms with Gasteiger partial charge in [-0.2, -0.15) is 0 Å². The van der Waals surface area contributed by atoms with Gasteiger partial charge in [0.15, 0.2) is 11.5 Å². The second kappa shape index (κ2) is 5.98. The van der Waals surface area contributed by atoms with Crippen molar-refractivity contribution in [2.45, 2.75) is 56.4 Å². The van der Waals surface area contributed by atoms with Crippen molar-refractivity contribution in [3.63, 3.8) is 0 Å². The molecule has 26 heavy (non-hydrogen) atoms. The Morgan fingerprint density at radius 3 is 2.77 bits per heavy atom. The first-order chi connectivity index (χ1) is 12.7. The molecule has 0 radical (unpaired) electrons. The van der Waals surface area contributed by atoms with E-state index in [2.05, 4.69) is 11.0 Å². The lowest BCUT2D eigenvalue weighted by Gasteiger charge is -2.58. The molecule has 0 aromatic heterocycles. The number of rotatable bonds is 4. The number of Topliss-reactive ketones (excluding diaryl/α,β-unsaturated/α-hetero) is 1. The highest BCUT2D eigenvalue weighted by Crippen LogP contribution is 2.59. The summed E-state index contributed by atoms with van der Waals surface area (Å²) in [6.45, 7) is 2.37. The standard InChI is InChI=1S/C22H29NO3/c1-25-19-8-5-15-11-18-17-7-6-16(24)12-22(17,20(15)21(19)26-2)9-10-23(18)13-14-3-4-14/h5,8,14,17-18H,3-4,6-7,9-13H2,1-2H3/t17-,18+,22-/m0/s1. The molecule has 0 spiro atoms. The lowest BCUT2D eigenvalue weighted by molar-refractivity contribution is -0.127. The normalized spacial score (nSPS) is 33.4. The van der Waals surface area contributed by atoms with E-state index in [1.807, 2.05) is 6.07 Å². The predicted octanol–water partition coefficient (Wildman–Crippen LogP) is 3.35. The highest BCUT2D eigenvalue weighted by molar-refractivity contribution is 5.82. The second-order valence-corrected chi connectivity index (χ2v) is 8.81. The van der Waals surface area contributed by atoms with Crippen LogP contribution >= 0.6 is 0 Å². The van der Waals surface area contributed by atoms with E-state index in [-0.39, 0.29) is 5.41 Å². The van der Waals surface area contributed by atoms with Gasteiger partial charge in [-0.25, -0.2) is 0 Å². The molecule has 1 aromatic carbocycles. The largest absolute Gasteiger partial charge is 0.493 e. The van der Waals surface area contributed by atoms with E-state index in [9.17, 15) is 4.79 Å². The Balaban J connectivity index is 1.64. The third-order valence-corrected chi connectivity index (χ3v) is 7.48. The van der Waals surface area contributed by atoms with E-state index in [0.29, 0.717) is 24.2 Å².